The first-order valence-corrected chi connectivity index (χ1v) is 11.4. The van der Waals surface area contributed by atoms with Crippen LogP contribution in [0.15, 0.2) is 73.3 Å². The highest BCUT2D eigenvalue weighted by Gasteiger charge is 2.16. The molecule has 0 fully saturated rings. The lowest BCUT2D eigenvalue weighted by molar-refractivity contribution is 0.631. The van der Waals surface area contributed by atoms with Crippen molar-refractivity contribution in [2.45, 2.75) is 13.5 Å². The molecule has 0 aliphatic carbocycles. The first-order valence-electron chi connectivity index (χ1n) is 11.4. The molecule has 0 bridgehead atoms. The van der Waals surface area contributed by atoms with Gasteiger partial charge in [-0.15, -0.1) is 0 Å². The highest BCUT2D eigenvalue weighted by Crippen LogP contribution is 2.34. The van der Waals surface area contributed by atoms with Crippen molar-refractivity contribution in [2.24, 2.45) is 0 Å². The Morgan fingerprint density at radius 1 is 0.914 bits per heavy atom. The van der Waals surface area contributed by atoms with Crippen LogP contribution in [0.4, 0.5) is 4.39 Å². The maximum Gasteiger partial charge on any atom is 0.181 e. The number of H-pyrrole nitrogens is 2. The Morgan fingerprint density at radius 3 is 2.69 bits per heavy atom. The van der Waals surface area contributed by atoms with Crippen molar-refractivity contribution in [1.29, 1.82) is 0 Å². The number of hydrogen-bond donors (Lipinski definition) is 3. The molecule has 0 unspecified atom stereocenters. The summed E-state index contributed by atoms with van der Waals surface area (Å²) >= 11 is 0. The predicted octanol–water partition coefficient (Wildman–Crippen LogP) is 5.48. The van der Waals surface area contributed by atoms with Crippen molar-refractivity contribution in [3.63, 3.8) is 0 Å². The van der Waals surface area contributed by atoms with Crippen LogP contribution in [0.3, 0.4) is 0 Å². The Labute approximate surface area is 200 Å². The molecule has 0 aliphatic heterocycles. The molecule has 0 amide bonds. The largest absolute Gasteiger partial charge is 0.338 e. The van der Waals surface area contributed by atoms with Gasteiger partial charge in [-0.25, -0.2) is 14.4 Å². The minimum absolute atomic E-state index is 0.270. The van der Waals surface area contributed by atoms with Crippen molar-refractivity contribution in [3.05, 3.63) is 84.7 Å². The summed E-state index contributed by atoms with van der Waals surface area (Å²) < 4.78 is 14.5. The van der Waals surface area contributed by atoms with E-state index in [4.69, 9.17) is 0 Å². The van der Waals surface area contributed by atoms with E-state index in [1.807, 2.05) is 36.8 Å². The quantitative estimate of drug-likeness (QED) is 0.304. The molecule has 35 heavy (non-hydrogen) atoms. The SMILES string of the molecule is CCNCc1cncc(-c2cnc3n[nH]c(-c4cc5c(-c6ccccc6F)ccnc5[nH]4)c3c2)c1. The Balaban J connectivity index is 1.45. The maximum absolute atomic E-state index is 14.5. The fourth-order valence-electron chi connectivity index (χ4n) is 4.35. The molecule has 8 heteroatoms. The number of fused-ring (bicyclic) bond motifs is 2. The fourth-order valence-corrected chi connectivity index (χ4v) is 4.35. The summed E-state index contributed by atoms with van der Waals surface area (Å²) in [6, 6.07) is 14.7. The van der Waals surface area contributed by atoms with E-state index in [9.17, 15) is 4.39 Å². The van der Waals surface area contributed by atoms with Crippen LogP contribution in [0.5, 0.6) is 0 Å². The van der Waals surface area contributed by atoms with Crippen LogP contribution >= 0.6 is 0 Å². The molecule has 5 aromatic heterocycles. The van der Waals surface area contributed by atoms with E-state index in [-0.39, 0.29) is 5.82 Å². The van der Waals surface area contributed by atoms with Gasteiger partial charge in [0.1, 0.15) is 11.5 Å². The average Bonchev–Trinajstić information content (AvgIpc) is 3.51. The standard InChI is InChI=1S/C27H22FN7/c1-2-29-12-16-9-17(14-30-13-16)18-10-22-25(34-35-27(22)32-15-18)24-11-21-19(7-8-31-26(21)33-24)20-5-3-4-6-23(20)28/h3-11,13-15,29H,2,12H2,1H3,(H,31,33)(H,32,34,35). The van der Waals surface area contributed by atoms with Crippen molar-refractivity contribution in [3.8, 4) is 33.6 Å². The van der Waals surface area contributed by atoms with Crippen LogP contribution in [0.2, 0.25) is 0 Å². The van der Waals surface area contributed by atoms with Gasteiger partial charge >= 0.3 is 0 Å². The molecule has 6 aromatic rings. The van der Waals surface area contributed by atoms with Crippen LogP contribution in [-0.4, -0.2) is 36.7 Å². The van der Waals surface area contributed by atoms with E-state index in [2.05, 4.69) is 54.5 Å². The molecule has 0 radical (unpaired) electrons. The van der Waals surface area contributed by atoms with Crippen LogP contribution in [0, 0.1) is 5.82 Å². The van der Waals surface area contributed by atoms with Gasteiger partial charge in [0.15, 0.2) is 5.65 Å². The number of hydrogen-bond acceptors (Lipinski definition) is 5. The van der Waals surface area contributed by atoms with Crippen molar-refractivity contribution >= 4 is 22.1 Å². The van der Waals surface area contributed by atoms with Gasteiger partial charge in [-0.2, -0.15) is 5.10 Å². The minimum Gasteiger partial charge on any atom is -0.338 e. The average molecular weight is 464 g/mol. The van der Waals surface area contributed by atoms with Gasteiger partial charge in [0.05, 0.1) is 11.4 Å². The summed E-state index contributed by atoms with van der Waals surface area (Å²) in [7, 11) is 0. The lowest BCUT2D eigenvalue weighted by Crippen LogP contribution is -2.11. The summed E-state index contributed by atoms with van der Waals surface area (Å²) in [6.45, 7) is 3.74. The number of halogens is 1. The van der Waals surface area contributed by atoms with Crippen LogP contribution in [-0.2, 0) is 6.54 Å². The number of pyridine rings is 3. The number of nitrogens with zero attached hydrogens (tertiary/aromatic N) is 4. The van der Waals surface area contributed by atoms with E-state index < -0.39 is 0 Å². The van der Waals surface area contributed by atoms with Crippen molar-refractivity contribution < 1.29 is 4.39 Å². The number of aromatic amines is 2. The molecule has 0 saturated heterocycles. The summed E-state index contributed by atoms with van der Waals surface area (Å²) in [5.41, 5.74) is 7.25. The van der Waals surface area contributed by atoms with E-state index in [1.165, 1.54) is 6.07 Å². The van der Waals surface area contributed by atoms with Gasteiger partial charge in [-0.1, -0.05) is 25.1 Å². The molecule has 0 saturated carbocycles. The Bertz CT molecular complexity index is 1670. The van der Waals surface area contributed by atoms with Crippen molar-refractivity contribution in [1.82, 2.24) is 35.5 Å². The van der Waals surface area contributed by atoms with Gasteiger partial charge < -0.3 is 10.3 Å². The first kappa shape index (κ1) is 21.1. The summed E-state index contributed by atoms with van der Waals surface area (Å²) in [5.74, 6) is -0.270. The van der Waals surface area contributed by atoms with Crippen LogP contribution < -0.4 is 5.32 Å². The topological polar surface area (TPSA) is 95.2 Å². The van der Waals surface area contributed by atoms with Gasteiger partial charge in [0.25, 0.3) is 0 Å². The molecule has 0 aliphatic rings. The van der Waals surface area contributed by atoms with Gasteiger partial charge in [-0.3, -0.25) is 10.1 Å². The zero-order chi connectivity index (χ0) is 23.8. The molecule has 0 atom stereocenters. The summed E-state index contributed by atoms with van der Waals surface area (Å²) in [6.07, 6.45) is 7.20. The van der Waals surface area contributed by atoms with Crippen molar-refractivity contribution in [2.75, 3.05) is 6.54 Å². The second kappa shape index (κ2) is 8.73. The Morgan fingerprint density at radius 2 is 1.80 bits per heavy atom. The molecule has 3 N–H and O–H groups in total. The monoisotopic (exact) mass is 463 g/mol. The molecule has 5 heterocycles. The van der Waals surface area contributed by atoms with E-state index in [1.54, 1.807) is 18.3 Å². The molecule has 7 nitrogen and oxygen atoms in total. The van der Waals surface area contributed by atoms with Crippen LogP contribution in [0.25, 0.3) is 55.7 Å². The highest BCUT2D eigenvalue weighted by molar-refractivity contribution is 5.99. The number of nitrogens with one attached hydrogen (secondary N) is 3. The number of rotatable bonds is 6. The second-order valence-corrected chi connectivity index (χ2v) is 8.34. The zero-order valence-electron chi connectivity index (χ0n) is 19.0. The summed E-state index contributed by atoms with van der Waals surface area (Å²) in [4.78, 5) is 16.8. The Kier molecular flexibility index (Phi) is 5.27. The lowest BCUT2D eigenvalue weighted by atomic mass is 10.0. The minimum atomic E-state index is -0.270. The highest BCUT2D eigenvalue weighted by atomic mass is 19.1. The maximum atomic E-state index is 14.5. The molecule has 0 spiro atoms. The zero-order valence-corrected chi connectivity index (χ0v) is 19.0. The number of aromatic nitrogens is 6. The third kappa shape index (κ3) is 3.83. The number of benzene rings is 1. The normalized spacial score (nSPS) is 11.5. The molecule has 6 rings (SSSR count). The predicted molar refractivity (Wildman–Crippen MR) is 135 cm³/mol. The third-order valence-corrected chi connectivity index (χ3v) is 6.08. The van der Waals surface area contributed by atoms with Gasteiger partial charge in [0.2, 0.25) is 0 Å². The third-order valence-electron chi connectivity index (χ3n) is 6.08. The fraction of sp³-hybridized carbons (Fsp3) is 0.111. The molecular formula is C27H22FN7. The van der Waals surface area contributed by atoms with Gasteiger partial charge in [-0.05, 0) is 48.0 Å². The molecule has 172 valence electrons. The van der Waals surface area contributed by atoms with E-state index in [0.29, 0.717) is 16.9 Å². The molecular weight excluding hydrogens is 441 g/mol. The molecule has 1 aromatic carbocycles. The van der Waals surface area contributed by atoms with Crippen LogP contribution in [0.1, 0.15) is 12.5 Å². The smallest absolute Gasteiger partial charge is 0.181 e. The second-order valence-electron chi connectivity index (χ2n) is 8.34. The van der Waals surface area contributed by atoms with E-state index in [0.717, 1.165) is 57.5 Å². The Hall–Kier alpha value is -4.43. The lowest BCUT2D eigenvalue weighted by Gasteiger charge is -2.06. The van der Waals surface area contributed by atoms with Gasteiger partial charge in [0, 0.05) is 58.8 Å². The summed E-state index contributed by atoms with van der Waals surface area (Å²) in [5, 5.41) is 12.5. The first-order chi connectivity index (χ1) is 17.2. The van der Waals surface area contributed by atoms with E-state index >= 15 is 0 Å².